The van der Waals surface area contributed by atoms with Crippen LogP contribution in [-0.4, -0.2) is 23.3 Å². The molecule has 140 valence electrons. The van der Waals surface area contributed by atoms with Gasteiger partial charge in [-0.2, -0.15) is 11.3 Å². The molecule has 28 heavy (non-hydrogen) atoms. The van der Waals surface area contributed by atoms with Gasteiger partial charge in [-0.1, -0.05) is 36.9 Å². The molecule has 1 aromatic heterocycles. The average molecular weight is 407 g/mol. The Morgan fingerprint density at radius 1 is 1.07 bits per heavy atom. The molecule has 1 aliphatic heterocycles. The number of carbonyl (C=O) groups excluding carboxylic acids is 2. The van der Waals surface area contributed by atoms with Crippen molar-refractivity contribution in [2.75, 3.05) is 11.9 Å². The number of nitrogens with zero attached hydrogens (tertiary/aromatic N) is 1. The molecule has 6 heteroatoms. The molecule has 2 amide bonds. The standard InChI is InChI=1S/C22H18N2O2S2/c1-15-17-6-2-3-7-18(17)22(26)24(15)12-21(25)23-19-8-4-5-9-20(19)28-14-16-10-11-27-13-16/h2-11,13H,1,12,14H2,(H,23,25). The van der Waals surface area contributed by atoms with E-state index < -0.39 is 0 Å². The van der Waals surface area contributed by atoms with Crippen LogP contribution in [0.5, 0.6) is 0 Å². The number of thiophene rings is 1. The molecule has 3 aromatic rings. The van der Waals surface area contributed by atoms with Crippen molar-refractivity contribution in [1.82, 2.24) is 4.90 Å². The zero-order valence-corrected chi connectivity index (χ0v) is 16.7. The summed E-state index contributed by atoms with van der Waals surface area (Å²) in [6.45, 7) is 3.93. The molecule has 0 spiro atoms. The highest BCUT2D eigenvalue weighted by Gasteiger charge is 2.31. The maximum absolute atomic E-state index is 12.6. The predicted octanol–water partition coefficient (Wildman–Crippen LogP) is 5.11. The molecule has 4 nitrogen and oxygen atoms in total. The van der Waals surface area contributed by atoms with Crippen molar-refractivity contribution in [3.8, 4) is 0 Å². The first-order valence-electron chi connectivity index (χ1n) is 8.76. The largest absolute Gasteiger partial charge is 0.324 e. The van der Waals surface area contributed by atoms with Gasteiger partial charge in [0.2, 0.25) is 5.91 Å². The van der Waals surface area contributed by atoms with Crippen LogP contribution in [0, 0.1) is 0 Å². The minimum atomic E-state index is -0.245. The van der Waals surface area contributed by atoms with E-state index in [2.05, 4.69) is 28.7 Å². The minimum absolute atomic E-state index is 0.0596. The van der Waals surface area contributed by atoms with Crippen molar-refractivity contribution >= 4 is 46.3 Å². The van der Waals surface area contributed by atoms with Crippen LogP contribution < -0.4 is 5.32 Å². The highest BCUT2D eigenvalue weighted by atomic mass is 32.2. The van der Waals surface area contributed by atoms with Gasteiger partial charge in [-0.3, -0.25) is 14.5 Å². The number of hydrogen-bond acceptors (Lipinski definition) is 4. The van der Waals surface area contributed by atoms with Gasteiger partial charge in [0.1, 0.15) is 6.54 Å². The predicted molar refractivity (Wildman–Crippen MR) is 115 cm³/mol. The fourth-order valence-electron chi connectivity index (χ4n) is 3.07. The van der Waals surface area contributed by atoms with Crippen molar-refractivity contribution < 1.29 is 9.59 Å². The third kappa shape index (κ3) is 3.74. The van der Waals surface area contributed by atoms with Crippen LogP contribution in [0.3, 0.4) is 0 Å². The quantitative estimate of drug-likeness (QED) is 0.579. The molecule has 1 aliphatic rings. The van der Waals surface area contributed by atoms with E-state index in [9.17, 15) is 9.59 Å². The Balaban J connectivity index is 1.43. The Morgan fingerprint density at radius 2 is 1.82 bits per heavy atom. The number of rotatable bonds is 6. The van der Waals surface area contributed by atoms with Gasteiger partial charge in [-0.05, 0) is 40.6 Å². The first kappa shape index (κ1) is 18.5. The van der Waals surface area contributed by atoms with Crippen molar-refractivity contribution in [3.05, 3.63) is 88.6 Å². The first-order valence-corrected chi connectivity index (χ1v) is 10.7. The number of anilines is 1. The third-order valence-corrected chi connectivity index (χ3v) is 6.35. The number of hydrogen-bond donors (Lipinski definition) is 1. The zero-order chi connectivity index (χ0) is 19.5. The second-order valence-electron chi connectivity index (χ2n) is 6.35. The van der Waals surface area contributed by atoms with Crippen molar-refractivity contribution in [3.63, 3.8) is 0 Å². The lowest BCUT2D eigenvalue weighted by Crippen LogP contribution is -2.32. The Hall–Kier alpha value is -2.83. The fraction of sp³-hybridized carbons (Fsp3) is 0.0909. The van der Waals surface area contributed by atoms with E-state index in [0.29, 0.717) is 11.3 Å². The SMILES string of the molecule is C=C1c2ccccc2C(=O)N1CC(=O)Nc1ccccc1SCc1ccsc1. The van der Waals surface area contributed by atoms with Gasteiger partial charge in [-0.15, -0.1) is 11.8 Å². The van der Waals surface area contributed by atoms with E-state index in [1.165, 1.54) is 10.5 Å². The molecular formula is C22H18N2O2S2. The summed E-state index contributed by atoms with van der Waals surface area (Å²) in [5.74, 6) is 0.411. The molecule has 4 rings (SSSR count). The zero-order valence-electron chi connectivity index (χ0n) is 15.1. The number of amides is 2. The Morgan fingerprint density at radius 3 is 2.57 bits per heavy atom. The number of benzene rings is 2. The molecule has 0 atom stereocenters. The topological polar surface area (TPSA) is 49.4 Å². The smallest absolute Gasteiger partial charge is 0.259 e. The second-order valence-corrected chi connectivity index (χ2v) is 8.15. The van der Waals surface area contributed by atoms with Gasteiger partial charge in [0.15, 0.2) is 0 Å². The molecule has 2 aromatic carbocycles. The Bertz CT molecular complexity index is 1010. The molecular weight excluding hydrogens is 388 g/mol. The van der Waals surface area contributed by atoms with E-state index in [1.807, 2.05) is 42.5 Å². The molecule has 0 saturated carbocycles. The Labute approximate surface area is 171 Å². The Kier molecular flexibility index (Phi) is 5.32. The molecule has 0 bridgehead atoms. The van der Waals surface area contributed by atoms with Crippen molar-refractivity contribution in [2.24, 2.45) is 0 Å². The monoisotopic (exact) mass is 406 g/mol. The number of thioether (sulfide) groups is 1. The van der Waals surface area contributed by atoms with Crippen LogP contribution in [0.25, 0.3) is 5.70 Å². The summed E-state index contributed by atoms with van der Waals surface area (Å²) in [5.41, 5.74) is 3.95. The highest BCUT2D eigenvalue weighted by molar-refractivity contribution is 7.98. The van der Waals surface area contributed by atoms with Crippen LogP contribution in [0.15, 0.2) is 76.8 Å². The van der Waals surface area contributed by atoms with Gasteiger partial charge in [0.25, 0.3) is 5.91 Å². The summed E-state index contributed by atoms with van der Waals surface area (Å²) >= 11 is 3.35. The number of para-hydroxylation sites is 1. The summed E-state index contributed by atoms with van der Waals surface area (Å²) in [6.07, 6.45) is 0. The van der Waals surface area contributed by atoms with Crippen LogP contribution in [0.1, 0.15) is 21.5 Å². The fourth-order valence-corrected chi connectivity index (χ4v) is 4.79. The summed E-state index contributed by atoms with van der Waals surface area (Å²) in [7, 11) is 0. The third-order valence-electron chi connectivity index (χ3n) is 4.48. The van der Waals surface area contributed by atoms with Crippen LogP contribution in [0.4, 0.5) is 5.69 Å². The van der Waals surface area contributed by atoms with Crippen molar-refractivity contribution in [2.45, 2.75) is 10.6 Å². The van der Waals surface area contributed by atoms with Gasteiger partial charge >= 0.3 is 0 Å². The maximum atomic E-state index is 12.6. The molecule has 2 heterocycles. The highest BCUT2D eigenvalue weighted by Crippen LogP contribution is 2.32. The lowest BCUT2D eigenvalue weighted by atomic mass is 10.1. The summed E-state index contributed by atoms with van der Waals surface area (Å²) in [4.78, 5) is 27.6. The van der Waals surface area contributed by atoms with Crippen LogP contribution in [-0.2, 0) is 10.5 Å². The number of nitrogens with one attached hydrogen (secondary N) is 1. The van der Waals surface area contributed by atoms with E-state index in [1.54, 1.807) is 29.2 Å². The van der Waals surface area contributed by atoms with E-state index in [-0.39, 0.29) is 18.4 Å². The average Bonchev–Trinajstić information content (AvgIpc) is 3.31. The first-order chi connectivity index (χ1) is 13.6. The summed E-state index contributed by atoms with van der Waals surface area (Å²) in [5, 5.41) is 7.12. The maximum Gasteiger partial charge on any atom is 0.259 e. The van der Waals surface area contributed by atoms with Crippen LogP contribution >= 0.6 is 23.1 Å². The second kappa shape index (κ2) is 8.04. The molecule has 0 radical (unpaired) electrons. The van der Waals surface area contributed by atoms with E-state index in [0.717, 1.165) is 21.9 Å². The van der Waals surface area contributed by atoms with Gasteiger partial charge in [0.05, 0.1) is 5.69 Å². The molecule has 0 aliphatic carbocycles. The van der Waals surface area contributed by atoms with Gasteiger partial charge in [-0.25, -0.2) is 0 Å². The normalized spacial score (nSPS) is 12.9. The summed E-state index contributed by atoms with van der Waals surface area (Å²) < 4.78 is 0. The van der Waals surface area contributed by atoms with E-state index >= 15 is 0 Å². The van der Waals surface area contributed by atoms with Gasteiger partial charge in [0, 0.05) is 27.5 Å². The lowest BCUT2D eigenvalue weighted by Gasteiger charge is -2.18. The molecule has 1 N–H and O–H groups in total. The molecule has 0 unspecified atom stereocenters. The molecule has 0 fully saturated rings. The number of carbonyl (C=O) groups is 2. The van der Waals surface area contributed by atoms with E-state index in [4.69, 9.17) is 0 Å². The number of fused-ring (bicyclic) bond motifs is 1. The minimum Gasteiger partial charge on any atom is -0.324 e. The van der Waals surface area contributed by atoms with Crippen LogP contribution in [0.2, 0.25) is 0 Å². The van der Waals surface area contributed by atoms with Gasteiger partial charge < -0.3 is 5.32 Å². The van der Waals surface area contributed by atoms with Crippen molar-refractivity contribution in [1.29, 1.82) is 0 Å². The summed E-state index contributed by atoms with van der Waals surface area (Å²) in [6, 6.07) is 17.1. The molecule has 0 saturated heterocycles. The lowest BCUT2D eigenvalue weighted by molar-refractivity contribution is -0.116.